The fraction of sp³-hybridized carbons (Fsp3) is 0.588. The van der Waals surface area contributed by atoms with Gasteiger partial charge in [0, 0.05) is 12.2 Å². The second-order valence-electron chi connectivity index (χ2n) is 6.20. The smallest absolute Gasteiger partial charge is 0.0766 e. The molecule has 0 aromatic heterocycles. The summed E-state index contributed by atoms with van der Waals surface area (Å²) in [5.74, 6) is 0.837. The summed E-state index contributed by atoms with van der Waals surface area (Å²) in [6.45, 7) is 5.00. The standard InChI is InChI=1S/C17H24N2/c1-17(2,13-18)15-8-10-16(11-9-15)19-12-14-6-4-3-5-7-14/h8-11,14,19H,3-7,12H2,1-2H3. The highest BCUT2D eigenvalue weighted by Gasteiger charge is 2.19. The van der Waals surface area contributed by atoms with E-state index in [9.17, 15) is 0 Å². The predicted molar refractivity (Wildman–Crippen MR) is 80.1 cm³/mol. The lowest BCUT2D eigenvalue weighted by Gasteiger charge is -2.22. The van der Waals surface area contributed by atoms with Gasteiger partial charge in [-0.15, -0.1) is 0 Å². The third-order valence-electron chi connectivity index (χ3n) is 4.21. The summed E-state index contributed by atoms with van der Waals surface area (Å²) in [6.07, 6.45) is 6.93. The molecule has 0 radical (unpaired) electrons. The fourth-order valence-electron chi connectivity index (χ4n) is 2.72. The molecular formula is C17H24N2. The number of rotatable bonds is 4. The quantitative estimate of drug-likeness (QED) is 0.862. The van der Waals surface area contributed by atoms with Crippen molar-refractivity contribution >= 4 is 5.69 Å². The van der Waals surface area contributed by atoms with Crippen molar-refractivity contribution in [2.45, 2.75) is 51.4 Å². The molecule has 1 aliphatic carbocycles. The van der Waals surface area contributed by atoms with Gasteiger partial charge in [0.1, 0.15) is 0 Å². The molecule has 2 rings (SSSR count). The largest absolute Gasteiger partial charge is 0.385 e. The number of hydrogen-bond donors (Lipinski definition) is 1. The molecule has 19 heavy (non-hydrogen) atoms. The Kier molecular flexibility index (Phi) is 4.47. The van der Waals surface area contributed by atoms with E-state index in [1.54, 1.807) is 0 Å². The first-order valence-corrected chi connectivity index (χ1v) is 7.37. The second-order valence-corrected chi connectivity index (χ2v) is 6.20. The Hall–Kier alpha value is -1.49. The van der Waals surface area contributed by atoms with Crippen LogP contribution in [0.2, 0.25) is 0 Å². The predicted octanol–water partition coefficient (Wildman–Crippen LogP) is 4.48. The Morgan fingerprint density at radius 3 is 2.37 bits per heavy atom. The summed E-state index contributed by atoms with van der Waals surface area (Å²) in [4.78, 5) is 0. The molecule has 1 aliphatic rings. The van der Waals surface area contributed by atoms with E-state index in [0.717, 1.165) is 18.0 Å². The zero-order valence-electron chi connectivity index (χ0n) is 12.1. The van der Waals surface area contributed by atoms with Gasteiger partial charge in [-0.1, -0.05) is 31.4 Å². The van der Waals surface area contributed by atoms with Crippen LogP contribution in [0.5, 0.6) is 0 Å². The summed E-state index contributed by atoms with van der Waals surface area (Å²) in [5, 5.41) is 12.7. The molecule has 1 fully saturated rings. The molecule has 0 heterocycles. The van der Waals surface area contributed by atoms with Crippen LogP contribution in [0, 0.1) is 17.2 Å². The Balaban J connectivity index is 1.90. The van der Waals surface area contributed by atoms with E-state index in [-0.39, 0.29) is 0 Å². The molecule has 0 unspecified atom stereocenters. The van der Waals surface area contributed by atoms with Crippen LogP contribution in [0.3, 0.4) is 0 Å². The first-order valence-electron chi connectivity index (χ1n) is 7.37. The van der Waals surface area contributed by atoms with E-state index in [1.165, 1.54) is 37.8 Å². The van der Waals surface area contributed by atoms with Crippen molar-refractivity contribution in [1.29, 1.82) is 5.26 Å². The van der Waals surface area contributed by atoms with Gasteiger partial charge in [0.05, 0.1) is 11.5 Å². The minimum absolute atomic E-state index is 0.401. The lowest BCUT2D eigenvalue weighted by Crippen LogP contribution is -2.17. The number of nitrogens with zero attached hydrogens (tertiary/aromatic N) is 1. The average molecular weight is 256 g/mol. The molecule has 0 saturated heterocycles. The summed E-state index contributed by atoms with van der Waals surface area (Å²) in [5.41, 5.74) is 1.85. The molecule has 0 bridgehead atoms. The van der Waals surface area contributed by atoms with E-state index in [0.29, 0.717) is 0 Å². The summed E-state index contributed by atoms with van der Waals surface area (Å²) < 4.78 is 0. The van der Waals surface area contributed by atoms with E-state index in [4.69, 9.17) is 5.26 Å². The molecule has 2 nitrogen and oxygen atoms in total. The summed E-state index contributed by atoms with van der Waals surface area (Å²) in [7, 11) is 0. The second kappa shape index (κ2) is 6.10. The number of hydrogen-bond acceptors (Lipinski definition) is 2. The molecule has 0 amide bonds. The Morgan fingerprint density at radius 2 is 1.79 bits per heavy atom. The van der Waals surface area contributed by atoms with Crippen LogP contribution in [0.1, 0.15) is 51.5 Å². The normalized spacial score (nSPS) is 16.9. The van der Waals surface area contributed by atoms with Crippen molar-refractivity contribution in [1.82, 2.24) is 0 Å². The van der Waals surface area contributed by atoms with Crippen molar-refractivity contribution in [3.05, 3.63) is 29.8 Å². The summed E-state index contributed by atoms with van der Waals surface area (Å²) in [6, 6.07) is 10.7. The number of benzene rings is 1. The van der Waals surface area contributed by atoms with Crippen LogP contribution in [0.15, 0.2) is 24.3 Å². The van der Waals surface area contributed by atoms with E-state index in [1.807, 2.05) is 13.8 Å². The van der Waals surface area contributed by atoms with Gasteiger partial charge in [0.2, 0.25) is 0 Å². The Labute approximate surface area is 116 Å². The van der Waals surface area contributed by atoms with Gasteiger partial charge in [0.15, 0.2) is 0 Å². The van der Waals surface area contributed by atoms with Gasteiger partial charge in [-0.3, -0.25) is 0 Å². The molecule has 102 valence electrons. The maximum atomic E-state index is 9.12. The minimum Gasteiger partial charge on any atom is -0.385 e. The third kappa shape index (κ3) is 3.73. The highest BCUT2D eigenvalue weighted by atomic mass is 14.9. The highest BCUT2D eigenvalue weighted by Crippen LogP contribution is 2.26. The van der Waals surface area contributed by atoms with E-state index in [2.05, 4.69) is 35.7 Å². The molecule has 1 aromatic carbocycles. The van der Waals surface area contributed by atoms with Gasteiger partial charge in [-0.2, -0.15) is 5.26 Å². The monoisotopic (exact) mass is 256 g/mol. The first-order chi connectivity index (χ1) is 9.12. The lowest BCUT2D eigenvalue weighted by atomic mass is 9.86. The zero-order chi connectivity index (χ0) is 13.7. The Morgan fingerprint density at radius 1 is 1.16 bits per heavy atom. The number of nitrogens with one attached hydrogen (secondary N) is 1. The van der Waals surface area contributed by atoms with Crippen LogP contribution < -0.4 is 5.32 Å². The van der Waals surface area contributed by atoms with Crippen LogP contribution >= 0.6 is 0 Å². The van der Waals surface area contributed by atoms with Crippen molar-refractivity contribution in [2.24, 2.45) is 5.92 Å². The van der Waals surface area contributed by atoms with Crippen molar-refractivity contribution in [3.63, 3.8) is 0 Å². The van der Waals surface area contributed by atoms with Gasteiger partial charge in [0.25, 0.3) is 0 Å². The van der Waals surface area contributed by atoms with Crippen LogP contribution in [0.25, 0.3) is 0 Å². The highest BCUT2D eigenvalue weighted by molar-refractivity contribution is 5.47. The van der Waals surface area contributed by atoms with Crippen LogP contribution in [-0.4, -0.2) is 6.54 Å². The van der Waals surface area contributed by atoms with Crippen molar-refractivity contribution in [3.8, 4) is 6.07 Å². The molecule has 1 saturated carbocycles. The van der Waals surface area contributed by atoms with Crippen molar-refractivity contribution in [2.75, 3.05) is 11.9 Å². The maximum Gasteiger partial charge on any atom is 0.0766 e. The van der Waals surface area contributed by atoms with Gasteiger partial charge < -0.3 is 5.32 Å². The minimum atomic E-state index is -0.401. The van der Waals surface area contributed by atoms with Crippen molar-refractivity contribution < 1.29 is 0 Å². The molecule has 0 spiro atoms. The molecular weight excluding hydrogens is 232 g/mol. The van der Waals surface area contributed by atoms with Gasteiger partial charge in [-0.25, -0.2) is 0 Å². The average Bonchev–Trinajstić information content (AvgIpc) is 2.47. The van der Waals surface area contributed by atoms with Gasteiger partial charge in [-0.05, 0) is 50.3 Å². The number of nitriles is 1. The number of anilines is 1. The van der Waals surface area contributed by atoms with E-state index >= 15 is 0 Å². The molecule has 0 atom stereocenters. The molecule has 2 heteroatoms. The van der Waals surface area contributed by atoms with Crippen LogP contribution in [0.4, 0.5) is 5.69 Å². The fourth-order valence-corrected chi connectivity index (χ4v) is 2.72. The summed E-state index contributed by atoms with van der Waals surface area (Å²) >= 11 is 0. The third-order valence-corrected chi connectivity index (χ3v) is 4.21. The molecule has 1 aromatic rings. The molecule has 0 aliphatic heterocycles. The van der Waals surface area contributed by atoms with Crippen LogP contribution in [-0.2, 0) is 5.41 Å². The first kappa shape index (κ1) is 13.9. The van der Waals surface area contributed by atoms with E-state index < -0.39 is 5.41 Å². The SMILES string of the molecule is CC(C)(C#N)c1ccc(NCC2CCCCC2)cc1. The maximum absolute atomic E-state index is 9.12. The van der Waals surface area contributed by atoms with Gasteiger partial charge >= 0.3 is 0 Å². The Bertz CT molecular complexity index is 433. The topological polar surface area (TPSA) is 35.8 Å². The zero-order valence-corrected chi connectivity index (χ0v) is 12.1. The molecule has 1 N–H and O–H groups in total. The lowest BCUT2D eigenvalue weighted by molar-refractivity contribution is 0.373.